The lowest BCUT2D eigenvalue weighted by atomic mass is 9.96. The monoisotopic (exact) mass is 358 g/mol. The van der Waals surface area contributed by atoms with Crippen molar-refractivity contribution in [1.29, 1.82) is 0 Å². The van der Waals surface area contributed by atoms with Gasteiger partial charge in [-0.15, -0.1) is 10.2 Å². The molecule has 0 bridgehead atoms. The van der Waals surface area contributed by atoms with Crippen LogP contribution in [-0.2, 0) is 0 Å². The molecule has 8 heteroatoms. The van der Waals surface area contributed by atoms with Crippen molar-refractivity contribution in [3.05, 3.63) is 54.9 Å². The molecule has 1 aromatic carbocycles. The van der Waals surface area contributed by atoms with Gasteiger partial charge in [-0.25, -0.2) is 9.97 Å². The van der Waals surface area contributed by atoms with E-state index in [2.05, 4.69) is 46.5 Å². The molecule has 27 heavy (non-hydrogen) atoms. The van der Waals surface area contributed by atoms with E-state index in [9.17, 15) is 0 Å². The number of nitrogens with zero attached hydrogens (tertiary/aromatic N) is 7. The standard InChI is InChI=1S/C19H18N8/c1-4-15(13-6-8-20-9-7-13)17-16(5-1)21-12-22-19(17)27-10-2-3-14(11-27)18-23-25-26-24-18/h1,4-9,12,14H,2-3,10-11H2,(H,23,24,25,26). The van der Waals surface area contributed by atoms with Crippen LogP contribution in [0.4, 0.5) is 5.82 Å². The summed E-state index contributed by atoms with van der Waals surface area (Å²) in [5.74, 6) is 1.98. The molecule has 1 aliphatic rings. The van der Waals surface area contributed by atoms with E-state index in [1.165, 1.54) is 0 Å². The van der Waals surface area contributed by atoms with Crippen LogP contribution in [0.5, 0.6) is 0 Å². The molecular formula is C19H18N8. The number of benzene rings is 1. The van der Waals surface area contributed by atoms with Gasteiger partial charge >= 0.3 is 0 Å². The lowest BCUT2D eigenvalue weighted by molar-refractivity contribution is 0.490. The van der Waals surface area contributed by atoms with Crippen LogP contribution in [0.1, 0.15) is 24.6 Å². The second-order valence-corrected chi connectivity index (χ2v) is 6.69. The van der Waals surface area contributed by atoms with Crippen molar-refractivity contribution in [2.45, 2.75) is 18.8 Å². The second kappa shape index (κ2) is 6.71. The molecule has 4 heterocycles. The first kappa shape index (κ1) is 15.8. The smallest absolute Gasteiger partial charge is 0.179 e. The van der Waals surface area contributed by atoms with Crippen LogP contribution in [0.25, 0.3) is 22.0 Å². The fourth-order valence-corrected chi connectivity index (χ4v) is 3.83. The van der Waals surface area contributed by atoms with Crippen molar-refractivity contribution in [1.82, 2.24) is 35.6 Å². The van der Waals surface area contributed by atoms with Gasteiger partial charge in [0.05, 0.1) is 10.9 Å². The average molecular weight is 358 g/mol. The fraction of sp³-hybridized carbons (Fsp3) is 0.263. The lowest BCUT2D eigenvalue weighted by Crippen LogP contribution is -2.35. The van der Waals surface area contributed by atoms with E-state index >= 15 is 0 Å². The SMILES string of the molecule is c1cc(-c2ccncc2)c2c(N3CCCC(c4nn[nH]n4)C3)ncnc2c1. The van der Waals surface area contributed by atoms with Crippen LogP contribution in [-0.4, -0.2) is 48.7 Å². The Bertz CT molecular complexity index is 1040. The van der Waals surface area contributed by atoms with Crippen molar-refractivity contribution in [2.75, 3.05) is 18.0 Å². The molecule has 1 N–H and O–H groups in total. The molecule has 0 radical (unpaired) electrons. The molecule has 1 atom stereocenters. The number of nitrogens with one attached hydrogen (secondary N) is 1. The summed E-state index contributed by atoms with van der Waals surface area (Å²) in [7, 11) is 0. The number of fused-ring (bicyclic) bond motifs is 1. The number of hydrogen-bond donors (Lipinski definition) is 1. The first-order chi connectivity index (χ1) is 13.4. The number of hydrogen-bond acceptors (Lipinski definition) is 7. The zero-order chi connectivity index (χ0) is 18.1. The molecule has 0 aliphatic carbocycles. The third-order valence-corrected chi connectivity index (χ3v) is 5.08. The Morgan fingerprint density at radius 2 is 2.00 bits per heavy atom. The maximum absolute atomic E-state index is 4.67. The molecule has 134 valence electrons. The Labute approximate surface area is 155 Å². The summed E-state index contributed by atoms with van der Waals surface area (Å²) in [6.45, 7) is 1.77. The number of H-pyrrole nitrogens is 1. The third-order valence-electron chi connectivity index (χ3n) is 5.08. The Kier molecular flexibility index (Phi) is 3.93. The Morgan fingerprint density at radius 3 is 2.85 bits per heavy atom. The molecule has 1 saturated heterocycles. The van der Waals surface area contributed by atoms with E-state index in [-0.39, 0.29) is 5.92 Å². The highest BCUT2D eigenvalue weighted by molar-refractivity contribution is 6.01. The Morgan fingerprint density at radius 1 is 1.07 bits per heavy atom. The summed E-state index contributed by atoms with van der Waals surface area (Å²) in [5, 5.41) is 15.7. The Hall–Kier alpha value is -3.42. The van der Waals surface area contributed by atoms with Crippen LogP contribution >= 0.6 is 0 Å². The van der Waals surface area contributed by atoms with Gasteiger partial charge in [-0.2, -0.15) is 5.21 Å². The average Bonchev–Trinajstić information content (AvgIpc) is 3.29. The van der Waals surface area contributed by atoms with Crippen molar-refractivity contribution in [3.8, 4) is 11.1 Å². The van der Waals surface area contributed by atoms with Crippen LogP contribution in [0, 0.1) is 0 Å². The molecule has 0 amide bonds. The number of piperidine rings is 1. The molecule has 1 unspecified atom stereocenters. The van der Waals surface area contributed by atoms with Crippen molar-refractivity contribution in [2.24, 2.45) is 0 Å². The van der Waals surface area contributed by atoms with Gasteiger partial charge in [0.15, 0.2) is 5.82 Å². The summed E-state index contributed by atoms with van der Waals surface area (Å²) in [6.07, 6.45) is 7.37. The summed E-state index contributed by atoms with van der Waals surface area (Å²) in [6, 6.07) is 10.2. The zero-order valence-electron chi connectivity index (χ0n) is 14.7. The van der Waals surface area contributed by atoms with Gasteiger partial charge in [-0.05, 0) is 42.2 Å². The summed E-state index contributed by atoms with van der Waals surface area (Å²) in [5.41, 5.74) is 3.17. The zero-order valence-corrected chi connectivity index (χ0v) is 14.7. The van der Waals surface area contributed by atoms with Crippen LogP contribution < -0.4 is 4.90 Å². The summed E-state index contributed by atoms with van der Waals surface area (Å²) >= 11 is 0. The van der Waals surface area contributed by atoms with Gasteiger partial charge in [-0.3, -0.25) is 4.98 Å². The first-order valence-corrected chi connectivity index (χ1v) is 9.02. The highest BCUT2D eigenvalue weighted by Gasteiger charge is 2.27. The van der Waals surface area contributed by atoms with E-state index in [0.717, 1.165) is 59.6 Å². The predicted octanol–water partition coefficient (Wildman–Crippen LogP) is 2.59. The van der Waals surface area contributed by atoms with E-state index < -0.39 is 0 Å². The molecular weight excluding hydrogens is 340 g/mol. The highest BCUT2D eigenvalue weighted by Crippen LogP contribution is 2.36. The molecule has 0 saturated carbocycles. The molecule has 4 aromatic rings. The van der Waals surface area contributed by atoms with Gasteiger partial charge in [0, 0.05) is 31.4 Å². The van der Waals surface area contributed by atoms with Gasteiger partial charge in [0.25, 0.3) is 0 Å². The molecule has 3 aromatic heterocycles. The summed E-state index contributed by atoms with van der Waals surface area (Å²) in [4.78, 5) is 15.6. The molecule has 8 nitrogen and oxygen atoms in total. The van der Waals surface area contributed by atoms with Gasteiger partial charge in [0.1, 0.15) is 12.1 Å². The van der Waals surface area contributed by atoms with E-state index in [0.29, 0.717) is 0 Å². The fourth-order valence-electron chi connectivity index (χ4n) is 3.83. The van der Waals surface area contributed by atoms with E-state index in [1.54, 1.807) is 6.33 Å². The largest absolute Gasteiger partial charge is 0.355 e. The Balaban J connectivity index is 1.61. The normalized spacial score (nSPS) is 17.3. The molecule has 0 spiro atoms. The van der Waals surface area contributed by atoms with Crippen molar-refractivity contribution >= 4 is 16.7 Å². The number of aromatic amines is 1. The van der Waals surface area contributed by atoms with Crippen LogP contribution in [0.3, 0.4) is 0 Å². The molecule has 1 aliphatic heterocycles. The lowest BCUT2D eigenvalue weighted by Gasteiger charge is -2.33. The molecule has 5 rings (SSSR count). The number of pyridine rings is 1. The number of tetrazole rings is 1. The van der Waals surface area contributed by atoms with Gasteiger partial charge in [-0.1, -0.05) is 17.3 Å². The van der Waals surface area contributed by atoms with Gasteiger partial charge < -0.3 is 4.90 Å². The quantitative estimate of drug-likeness (QED) is 0.601. The second-order valence-electron chi connectivity index (χ2n) is 6.69. The minimum absolute atomic E-state index is 0.246. The van der Waals surface area contributed by atoms with Crippen LogP contribution in [0.15, 0.2) is 49.1 Å². The predicted molar refractivity (Wildman–Crippen MR) is 101 cm³/mol. The maximum Gasteiger partial charge on any atom is 0.179 e. The highest BCUT2D eigenvalue weighted by atomic mass is 15.5. The molecule has 1 fully saturated rings. The topological polar surface area (TPSA) is 96.4 Å². The minimum Gasteiger partial charge on any atom is -0.355 e. The van der Waals surface area contributed by atoms with Crippen molar-refractivity contribution < 1.29 is 0 Å². The van der Waals surface area contributed by atoms with Crippen LogP contribution in [0.2, 0.25) is 0 Å². The minimum atomic E-state index is 0.246. The summed E-state index contributed by atoms with van der Waals surface area (Å²) < 4.78 is 0. The number of anilines is 1. The first-order valence-electron chi connectivity index (χ1n) is 9.02. The maximum atomic E-state index is 4.67. The van der Waals surface area contributed by atoms with Crippen molar-refractivity contribution in [3.63, 3.8) is 0 Å². The number of aromatic nitrogens is 7. The van der Waals surface area contributed by atoms with Gasteiger partial charge in [0.2, 0.25) is 0 Å². The van der Waals surface area contributed by atoms with E-state index in [4.69, 9.17) is 0 Å². The van der Waals surface area contributed by atoms with E-state index in [1.807, 2.05) is 36.7 Å². The third kappa shape index (κ3) is 2.88. The number of rotatable bonds is 3.